The van der Waals surface area contributed by atoms with Crippen molar-refractivity contribution in [1.29, 1.82) is 0 Å². The van der Waals surface area contributed by atoms with Crippen LogP contribution in [-0.4, -0.2) is 19.2 Å². The van der Waals surface area contributed by atoms with Gasteiger partial charge in [-0.15, -0.1) is 0 Å². The summed E-state index contributed by atoms with van der Waals surface area (Å²) >= 11 is 0. The number of ether oxygens (including phenoxy) is 2. The average molecular weight is 249 g/mol. The lowest BCUT2D eigenvalue weighted by molar-refractivity contribution is 0.391. The molecule has 0 bridgehead atoms. The van der Waals surface area contributed by atoms with E-state index in [2.05, 4.69) is 11.9 Å². The monoisotopic (exact) mass is 249 g/mol. The van der Waals surface area contributed by atoms with Crippen molar-refractivity contribution >= 4 is 11.1 Å². The van der Waals surface area contributed by atoms with Crippen LogP contribution in [0.2, 0.25) is 0 Å². The molecule has 1 aromatic carbocycles. The van der Waals surface area contributed by atoms with Gasteiger partial charge in [-0.2, -0.15) is 0 Å². The van der Waals surface area contributed by atoms with Crippen LogP contribution in [0.1, 0.15) is 32.1 Å². The predicted molar refractivity (Wildman–Crippen MR) is 70.3 cm³/mol. The van der Waals surface area contributed by atoms with Gasteiger partial charge in [0.05, 0.1) is 14.2 Å². The van der Waals surface area contributed by atoms with Gasteiger partial charge in [0.15, 0.2) is 17.2 Å². The SMILES string of the molecule is CCCCCc1nc2cc(OC)cc(OC)c2o1. The molecule has 0 aliphatic rings. The van der Waals surface area contributed by atoms with Crippen LogP contribution < -0.4 is 9.47 Å². The Labute approximate surface area is 107 Å². The number of hydrogen-bond donors (Lipinski definition) is 0. The summed E-state index contributed by atoms with van der Waals surface area (Å²) in [6, 6.07) is 3.67. The zero-order chi connectivity index (χ0) is 13.0. The van der Waals surface area contributed by atoms with E-state index in [1.54, 1.807) is 14.2 Å². The lowest BCUT2D eigenvalue weighted by atomic mass is 10.2. The van der Waals surface area contributed by atoms with Crippen LogP contribution in [0.5, 0.6) is 11.5 Å². The Hall–Kier alpha value is -1.71. The van der Waals surface area contributed by atoms with Gasteiger partial charge in [0, 0.05) is 18.6 Å². The van der Waals surface area contributed by atoms with Crippen LogP contribution in [0.15, 0.2) is 16.5 Å². The Morgan fingerprint density at radius 1 is 1.17 bits per heavy atom. The van der Waals surface area contributed by atoms with Crippen molar-refractivity contribution in [2.75, 3.05) is 14.2 Å². The summed E-state index contributed by atoms with van der Waals surface area (Å²) < 4.78 is 16.3. The van der Waals surface area contributed by atoms with Gasteiger partial charge in [0.1, 0.15) is 11.3 Å². The highest BCUT2D eigenvalue weighted by Gasteiger charge is 2.12. The van der Waals surface area contributed by atoms with Crippen molar-refractivity contribution in [1.82, 2.24) is 4.98 Å². The molecule has 2 rings (SSSR count). The Balaban J connectivity index is 2.31. The molecule has 0 amide bonds. The van der Waals surface area contributed by atoms with E-state index in [1.807, 2.05) is 12.1 Å². The number of nitrogens with zero attached hydrogens (tertiary/aromatic N) is 1. The van der Waals surface area contributed by atoms with E-state index >= 15 is 0 Å². The van der Waals surface area contributed by atoms with E-state index in [0.717, 1.165) is 30.0 Å². The minimum Gasteiger partial charge on any atom is -0.497 e. The maximum absolute atomic E-state index is 5.74. The van der Waals surface area contributed by atoms with E-state index in [4.69, 9.17) is 13.9 Å². The molecule has 4 nitrogen and oxygen atoms in total. The van der Waals surface area contributed by atoms with E-state index in [1.165, 1.54) is 12.8 Å². The Morgan fingerprint density at radius 2 is 2.00 bits per heavy atom. The molecular formula is C14H19NO3. The van der Waals surface area contributed by atoms with Crippen LogP contribution in [0, 0.1) is 0 Å². The van der Waals surface area contributed by atoms with Crippen LogP contribution in [-0.2, 0) is 6.42 Å². The standard InChI is InChI=1S/C14H19NO3/c1-4-5-6-7-13-15-11-8-10(16-2)9-12(17-3)14(11)18-13/h8-9H,4-7H2,1-3H3. The quantitative estimate of drug-likeness (QED) is 0.734. The van der Waals surface area contributed by atoms with Crippen molar-refractivity contribution in [2.24, 2.45) is 0 Å². The third kappa shape index (κ3) is 2.58. The minimum absolute atomic E-state index is 0.665. The van der Waals surface area contributed by atoms with Crippen molar-refractivity contribution in [3.05, 3.63) is 18.0 Å². The van der Waals surface area contributed by atoms with E-state index < -0.39 is 0 Å². The van der Waals surface area contributed by atoms with E-state index in [0.29, 0.717) is 11.3 Å². The van der Waals surface area contributed by atoms with Crippen molar-refractivity contribution in [3.8, 4) is 11.5 Å². The molecule has 0 fully saturated rings. The first-order valence-electron chi connectivity index (χ1n) is 6.30. The van der Waals surface area contributed by atoms with E-state index in [-0.39, 0.29) is 0 Å². The first-order chi connectivity index (χ1) is 8.78. The highest BCUT2D eigenvalue weighted by molar-refractivity contribution is 5.81. The van der Waals surface area contributed by atoms with Gasteiger partial charge in [-0.25, -0.2) is 4.98 Å². The molecule has 0 N–H and O–H groups in total. The number of unbranched alkanes of at least 4 members (excludes halogenated alkanes) is 2. The molecule has 98 valence electrons. The summed E-state index contributed by atoms with van der Waals surface area (Å²) in [5.41, 5.74) is 1.49. The number of oxazole rings is 1. The summed E-state index contributed by atoms with van der Waals surface area (Å²) in [7, 11) is 3.25. The Kier molecular flexibility index (Phi) is 4.07. The van der Waals surface area contributed by atoms with Crippen molar-refractivity contribution in [2.45, 2.75) is 32.6 Å². The third-order valence-electron chi connectivity index (χ3n) is 2.92. The molecule has 4 heteroatoms. The zero-order valence-electron chi connectivity index (χ0n) is 11.2. The number of fused-ring (bicyclic) bond motifs is 1. The van der Waals surface area contributed by atoms with Gasteiger partial charge in [0.2, 0.25) is 0 Å². The summed E-state index contributed by atoms with van der Waals surface area (Å²) in [6.07, 6.45) is 4.35. The molecule has 0 unspecified atom stereocenters. The molecule has 0 aliphatic carbocycles. The predicted octanol–water partition coefficient (Wildman–Crippen LogP) is 3.58. The second kappa shape index (κ2) is 5.76. The molecule has 0 atom stereocenters. The Bertz CT molecular complexity index is 519. The number of benzene rings is 1. The molecule has 0 spiro atoms. The fourth-order valence-electron chi connectivity index (χ4n) is 1.93. The Morgan fingerprint density at radius 3 is 2.67 bits per heavy atom. The smallest absolute Gasteiger partial charge is 0.196 e. The fourth-order valence-corrected chi connectivity index (χ4v) is 1.93. The maximum atomic E-state index is 5.74. The van der Waals surface area contributed by atoms with Gasteiger partial charge in [-0.1, -0.05) is 19.8 Å². The minimum atomic E-state index is 0.665. The lowest BCUT2D eigenvalue weighted by Crippen LogP contribution is -1.87. The van der Waals surface area contributed by atoms with Gasteiger partial charge in [0.25, 0.3) is 0 Å². The number of aryl methyl sites for hydroxylation is 1. The summed E-state index contributed by atoms with van der Waals surface area (Å²) in [4.78, 5) is 4.48. The zero-order valence-corrected chi connectivity index (χ0v) is 11.2. The third-order valence-corrected chi connectivity index (χ3v) is 2.92. The first-order valence-corrected chi connectivity index (χ1v) is 6.30. The fraction of sp³-hybridized carbons (Fsp3) is 0.500. The summed E-state index contributed by atoms with van der Waals surface area (Å²) in [5, 5.41) is 0. The van der Waals surface area contributed by atoms with Gasteiger partial charge >= 0.3 is 0 Å². The van der Waals surface area contributed by atoms with Crippen LogP contribution >= 0.6 is 0 Å². The second-order valence-electron chi connectivity index (χ2n) is 4.24. The van der Waals surface area contributed by atoms with Crippen LogP contribution in [0.3, 0.4) is 0 Å². The topological polar surface area (TPSA) is 44.5 Å². The van der Waals surface area contributed by atoms with Gasteiger partial charge in [-0.05, 0) is 6.42 Å². The number of rotatable bonds is 6. The molecule has 2 aromatic rings. The normalized spacial score (nSPS) is 10.8. The molecule has 0 radical (unpaired) electrons. The lowest BCUT2D eigenvalue weighted by Gasteiger charge is -2.03. The van der Waals surface area contributed by atoms with Gasteiger partial charge in [-0.3, -0.25) is 0 Å². The van der Waals surface area contributed by atoms with Crippen molar-refractivity contribution in [3.63, 3.8) is 0 Å². The number of methoxy groups -OCH3 is 2. The molecule has 1 heterocycles. The molecule has 0 saturated heterocycles. The second-order valence-corrected chi connectivity index (χ2v) is 4.24. The van der Waals surface area contributed by atoms with Gasteiger partial charge < -0.3 is 13.9 Å². The number of aromatic nitrogens is 1. The average Bonchev–Trinajstić information content (AvgIpc) is 2.80. The van der Waals surface area contributed by atoms with Crippen LogP contribution in [0.4, 0.5) is 0 Å². The molecular weight excluding hydrogens is 230 g/mol. The largest absolute Gasteiger partial charge is 0.497 e. The first kappa shape index (κ1) is 12.7. The highest BCUT2D eigenvalue weighted by atomic mass is 16.5. The molecule has 0 aliphatic heterocycles. The van der Waals surface area contributed by atoms with Crippen LogP contribution in [0.25, 0.3) is 11.1 Å². The summed E-state index contributed by atoms with van der Waals surface area (Å²) in [5.74, 6) is 2.16. The molecule has 0 saturated carbocycles. The molecule has 1 aromatic heterocycles. The number of hydrogen-bond acceptors (Lipinski definition) is 4. The highest BCUT2D eigenvalue weighted by Crippen LogP contribution is 2.31. The summed E-state index contributed by atoms with van der Waals surface area (Å²) in [6.45, 7) is 2.18. The molecule has 18 heavy (non-hydrogen) atoms. The van der Waals surface area contributed by atoms with Crippen molar-refractivity contribution < 1.29 is 13.9 Å². The maximum Gasteiger partial charge on any atom is 0.196 e. The van der Waals surface area contributed by atoms with E-state index in [9.17, 15) is 0 Å².